The summed E-state index contributed by atoms with van der Waals surface area (Å²) in [6.45, 7) is 0. The third kappa shape index (κ3) is 3.80. The number of halogens is 1. The summed E-state index contributed by atoms with van der Waals surface area (Å²) in [5.74, 6) is -0.399. The number of urea groups is 1. The van der Waals surface area contributed by atoms with Gasteiger partial charge in [0, 0.05) is 0 Å². The van der Waals surface area contributed by atoms with Crippen LogP contribution in [-0.4, -0.2) is 11.0 Å². The van der Waals surface area contributed by atoms with E-state index < -0.39 is 11.8 Å². The van der Waals surface area contributed by atoms with Crippen LogP contribution >= 0.6 is 11.3 Å². The Balaban J connectivity index is 1.57. The molecule has 4 nitrogen and oxygen atoms in total. The van der Waals surface area contributed by atoms with Gasteiger partial charge in [0.05, 0.1) is 10.7 Å². The molecule has 134 valence electrons. The molecular formula is C21H16FN3OS. The molecule has 0 atom stereocenters. The second kappa shape index (κ2) is 7.55. The molecule has 27 heavy (non-hydrogen) atoms. The van der Waals surface area contributed by atoms with Crippen molar-refractivity contribution in [2.45, 2.75) is 6.04 Å². The number of carbonyl (C=O) groups is 1. The lowest BCUT2D eigenvalue weighted by Crippen LogP contribution is -2.33. The highest BCUT2D eigenvalue weighted by atomic mass is 32.1. The van der Waals surface area contributed by atoms with Crippen molar-refractivity contribution in [3.63, 3.8) is 0 Å². The molecule has 0 fully saturated rings. The summed E-state index contributed by atoms with van der Waals surface area (Å²) in [5, 5.41) is 6.05. The predicted octanol–water partition coefficient (Wildman–Crippen LogP) is 5.35. The Morgan fingerprint density at radius 2 is 1.52 bits per heavy atom. The van der Waals surface area contributed by atoms with Crippen LogP contribution in [0.25, 0.3) is 10.2 Å². The number of anilines is 1. The maximum atomic E-state index is 13.8. The fourth-order valence-electron chi connectivity index (χ4n) is 2.88. The summed E-state index contributed by atoms with van der Waals surface area (Å²) >= 11 is 1.24. The Labute approximate surface area is 159 Å². The maximum absolute atomic E-state index is 13.8. The molecule has 0 unspecified atom stereocenters. The van der Waals surface area contributed by atoms with Crippen LogP contribution in [-0.2, 0) is 0 Å². The van der Waals surface area contributed by atoms with Crippen molar-refractivity contribution < 1.29 is 9.18 Å². The van der Waals surface area contributed by atoms with E-state index in [0.717, 1.165) is 11.1 Å². The first-order valence-corrected chi connectivity index (χ1v) is 9.25. The first-order chi connectivity index (χ1) is 13.2. The lowest BCUT2D eigenvalue weighted by atomic mass is 9.99. The van der Waals surface area contributed by atoms with Gasteiger partial charge in [-0.1, -0.05) is 78.1 Å². The Morgan fingerprint density at radius 1 is 0.889 bits per heavy atom. The molecule has 3 aromatic carbocycles. The van der Waals surface area contributed by atoms with E-state index in [1.807, 2.05) is 60.7 Å². The molecule has 0 radical (unpaired) electrons. The molecule has 2 amide bonds. The number of nitrogens with zero attached hydrogens (tertiary/aromatic N) is 1. The van der Waals surface area contributed by atoms with Crippen LogP contribution in [0.1, 0.15) is 17.2 Å². The monoisotopic (exact) mass is 377 g/mol. The minimum atomic E-state index is -0.399. The summed E-state index contributed by atoms with van der Waals surface area (Å²) < 4.78 is 14.5. The highest BCUT2D eigenvalue weighted by Crippen LogP contribution is 2.28. The standard InChI is InChI=1S/C21H16FN3OS/c22-16-12-7-13-17-19(16)24-21(27-17)25-20(26)23-18(14-8-3-1-4-9-14)15-10-5-2-6-11-15/h1-13,18H,(H2,23,24,25,26). The van der Waals surface area contributed by atoms with Crippen LogP contribution in [0.5, 0.6) is 0 Å². The van der Waals surface area contributed by atoms with Crippen molar-refractivity contribution >= 4 is 32.7 Å². The van der Waals surface area contributed by atoms with Crippen molar-refractivity contribution in [2.75, 3.05) is 5.32 Å². The van der Waals surface area contributed by atoms with Crippen molar-refractivity contribution in [2.24, 2.45) is 0 Å². The molecule has 0 bridgehead atoms. The minimum Gasteiger partial charge on any atom is -0.327 e. The van der Waals surface area contributed by atoms with E-state index in [-0.39, 0.29) is 11.6 Å². The van der Waals surface area contributed by atoms with Crippen molar-refractivity contribution in [3.05, 3.63) is 95.8 Å². The zero-order valence-corrected chi connectivity index (χ0v) is 15.0. The number of thiazole rings is 1. The Morgan fingerprint density at radius 3 is 2.11 bits per heavy atom. The van der Waals surface area contributed by atoms with Gasteiger partial charge in [0.2, 0.25) is 0 Å². The second-order valence-electron chi connectivity index (χ2n) is 5.96. The van der Waals surface area contributed by atoms with Gasteiger partial charge in [-0.05, 0) is 23.3 Å². The predicted molar refractivity (Wildman–Crippen MR) is 106 cm³/mol. The summed E-state index contributed by atoms with van der Waals surface area (Å²) in [5.41, 5.74) is 2.20. The van der Waals surface area contributed by atoms with Gasteiger partial charge in [0.1, 0.15) is 11.3 Å². The smallest absolute Gasteiger partial charge is 0.321 e. The largest absolute Gasteiger partial charge is 0.327 e. The van der Waals surface area contributed by atoms with E-state index >= 15 is 0 Å². The summed E-state index contributed by atoms with van der Waals surface area (Å²) in [6.07, 6.45) is 0. The Bertz CT molecular complexity index is 1030. The van der Waals surface area contributed by atoms with Gasteiger partial charge >= 0.3 is 6.03 Å². The molecule has 0 aliphatic rings. The number of aromatic nitrogens is 1. The summed E-state index contributed by atoms with van der Waals surface area (Å²) in [7, 11) is 0. The number of benzene rings is 3. The number of amides is 2. The van der Waals surface area contributed by atoms with E-state index in [9.17, 15) is 9.18 Å². The van der Waals surface area contributed by atoms with E-state index in [0.29, 0.717) is 9.83 Å². The third-order valence-electron chi connectivity index (χ3n) is 4.13. The number of rotatable bonds is 4. The number of fused-ring (bicyclic) bond motifs is 1. The molecule has 4 rings (SSSR count). The van der Waals surface area contributed by atoms with Gasteiger partial charge in [-0.25, -0.2) is 14.2 Å². The molecule has 6 heteroatoms. The zero-order valence-electron chi connectivity index (χ0n) is 14.2. The van der Waals surface area contributed by atoms with E-state index in [2.05, 4.69) is 15.6 Å². The molecule has 4 aromatic rings. The SMILES string of the molecule is O=C(Nc1nc2c(F)cccc2s1)NC(c1ccccc1)c1ccccc1. The fourth-order valence-corrected chi connectivity index (χ4v) is 3.76. The van der Waals surface area contributed by atoms with Crippen LogP contribution < -0.4 is 10.6 Å². The average Bonchev–Trinajstić information content (AvgIpc) is 3.11. The number of hydrogen-bond acceptors (Lipinski definition) is 3. The third-order valence-corrected chi connectivity index (χ3v) is 5.07. The summed E-state index contributed by atoms with van der Waals surface area (Å²) in [4.78, 5) is 16.8. The van der Waals surface area contributed by atoms with Crippen LogP contribution in [0.3, 0.4) is 0 Å². The van der Waals surface area contributed by atoms with E-state index in [4.69, 9.17) is 0 Å². The molecule has 0 saturated carbocycles. The maximum Gasteiger partial charge on any atom is 0.321 e. The van der Waals surface area contributed by atoms with Gasteiger partial charge < -0.3 is 5.32 Å². The number of nitrogens with one attached hydrogen (secondary N) is 2. The number of para-hydroxylation sites is 1. The first kappa shape index (κ1) is 17.2. The van der Waals surface area contributed by atoms with Crippen LogP contribution in [0.4, 0.5) is 14.3 Å². The molecular weight excluding hydrogens is 361 g/mol. The molecule has 1 heterocycles. The van der Waals surface area contributed by atoms with Crippen LogP contribution in [0.15, 0.2) is 78.9 Å². The fraction of sp³-hybridized carbons (Fsp3) is 0.0476. The second-order valence-corrected chi connectivity index (χ2v) is 6.99. The number of carbonyl (C=O) groups excluding carboxylic acids is 1. The Kier molecular flexibility index (Phi) is 4.80. The van der Waals surface area contributed by atoms with E-state index in [1.165, 1.54) is 17.4 Å². The lowest BCUT2D eigenvalue weighted by molar-refractivity contribution is 0.250. The minimum absolute atomic E-state index is 0.264. The Hall–Kier alpha value is -3.25. The van der Waals surface area contributed by atoms with Gasteiger partial charge in [-0.15, -0.1) is 0 Å². The lowest BCUT2D eigenvalue weighted by Gasteiger charge is -2.19. The normalized spacial score (nSPS) is 10.9. The van der Waals surface area contributed by atoms with Crippen molar-refractivity contribution in [1.82, 2.24) is 10.3 Å². The topological polar surface area (TPSA) is 54.0 Å². The zero-order chi connectivity index (χ0) is 18.6. The highest BCUT2D eigenvalue weighted by molar-refractivity contribution is 7.22. The quantitative estimate of drug-likeness (QED) is 0.504. The molecule has 0 aliphatic carbocycles. The molecule has 1 aromatic heterocycles. The molecule has 0 aliphatic heterocycles. The molecule has 0 spiro atoms. The van der Waals surface area contributed by atoms with E-state index in [1.54, 1.807) is 12.1 Å². The van der Waals surface area contributed by atoms with Gasteiger partial charge in [-0.2, -0.15) is 0 Å². The van der Waals surface area contributed by atoms with Crippen molar-refractivity contribution in [1.29, 1.82) is 0 Å². The van der Waals surface area contributed by atoms with Crippen LogP contribution in [0.2, 0.25) is 0 Å². The molecule has 0 saturated heterocycles. The number of hydrogen-bond donors (Lipinski definition) is 2. The highest BCUT2D eigenvalue weighted by Gasteiger charge is 2.18. The van der Waals surface area contributed by atoms with Gasteiger partial charge in [0.25, 0.3) is 0 Å². The van der Waals surface area contributed by atoms with Crippen LogP contribution in [0, 0.1) is 5.82 Å². The van der Waals surface area contributed by atoms with Gasteiger partial charge in [0.15, 0.2) is 5.13 Å². The summed E-state index contributed by atoms with van der Waals surface area (Å²) in [6, 6.07) is 23.5. The van der Waals surface area contributed by atoms with Gasteiger partial charge in [-0.3, -0.25) is 5.32 Å². The first-order valence-electron chi connectivity index (χ1n) is 8.43. The molecule has 2 N–H and O–H groups in total. The average molecular weight is 377 g/mol. The van der Waals surface area contributed by atoms with Crippen molar-refractivity contribution in [3.8, 4) is 0 Å².